The fraction of sp³-hybridized carbons (Fsp3) is 1.00. The van der Waals surface area contributed by atoms with Crippen LogP contribution in [0.4, 0.5) is 0 Å². The van der Waals surface area contributed by atoms with E-state index in [-0.39, 0.29) is 7.69 Å². The van der Waals surface area contributed by atoms with Gasteiger partial charge in [0.15, 0.2) is 0 Å². The van der Waals surface area contributed by atoms with Crippen molar-refractivity contribution >= 4 is 15.8 Å². The molecule has 0 aromatic heterocycles. The zero-order valence-electron chi connectivity index (χ0n) is 11.5. The van der Waals surface area contributed by atoms with Crippen molar-refractivity contribution in [2.24, 2.45) is 0 Å². The summed E-state index contributed by atoms with van der Waals surface area (Å²) in [5.41, 5.74) is -1.64. The van der Waals surface area contributed by atoms with E-state index in [0.29, 0.717) is 0 Å². The lowest BCUT2D eigenvalue weighted by molar-refractivity contribution is -0.0956. The Balaban J connectivity index is 0. The summed E-state index contributed by atoms with van der Waals surface area (Å²) in [5, 5.41) is 17.9. The minimum Gasteiger partial charge on any atom is -0.430 e. The van der Waals surface area contributed by atoms with Crippen LogP contribution in [0.15, 0.2) is 0 Å². The van der Waals surface area contributed by atoms with Gasteiger partial charge < -0.3 is 14.8 Å². The van der Waals surface area contributed by atoms with E-state index in [4.69, 9.17) is 9.68 Å². The monoisotopic (exact) mass is 234 g/mol. The molecule has 5 heteroatoms. The van der Waals surface area contributed by atoms with E-state index in [1.807, 2.05) is 0 Å². The first kappa shape index (κ1) is 17.6. The second-order valence-electron chi connectivity index (χ2n) is 6.34. The zero-order valence-corrected chi connectivity index (χ0v) is 12.5. The van der Waals surface area contributed by atoms with Crippen molar-refractivity contribution in [1.29, 1.82) is 0 Å². The molecule has 0 radical (unpaired) electrons. The third-order valence-corrected chi connectivity index (χ3v) is 1.90. The van der Waals surface area contributed by atoms with Crippen LogP contribution in [-0.2, 0) is 4.65 Å². The number of rotatable bonds is 3. The molecule has 0 unspecified atom stereocenters. The van der Waals surface area contributed by atoms with Crippen molar-refractivity contribution in [3.05, 3.63) is 0 Å². The van der Waals surface area contributed by atoms with Crippen molar-refractivity contribution in [3.8, 4) is 0 Å². The molecule has 0 rings (SSSR count). The Labute approximate surface area is 96.2 Å². The second kappa shape index (κ2) is 6.04. The van der Waals surface area contributed by atoms with E-state index in [1.165, 1.54) is 0 Å². The quantitative estimate of drug-likeness (QED) is 0.731. The average molecular weight is 234 g/mol. The van der Waals surface area contributed by atoms with Crippen LogP contribution in [0.25, 0.3) is 0 Å². The van der Waals surface area contributed by atoms with Crippen molar-refractivity contribution < 1.29 is 14.8 Å². The van der Waals surface area contributed by atoms with Crippen LogP contribution in [0.2, 0.25) is 26.2 Å². The van der Waals surface area contributed by atoms with Gasteiger partial charge in [0.1, 0.15) is 0 Å². The highest BCUT2D eigenvalue weighted by Crippen LogP contribution is 2.23. The van der Waals surface area contributed by atoms with Crippen molar-refractivity contribution in [3.63, 3.8) is 0 Å². The Morgan fingerprint density at radius 3 is 1.33 bits per heavy atom. The maximum atomic E-state index is 9.44. The summed E-state index contributed by atoms with van der Waals surface area (Å²) in [4.78, 5) is 0. The number of hydrogen-bond donors (Lipinski definition) is 2. The van der Waals surface area contributed by atoms with Crippen LogP contribution in [-0.4, -0.2) is 37.1 Å². The molecule has 92 valence electrons. The summed E-state index contributed by atoms with van der Waals surface area (Å²) >= 11 is 0. The minimum atomic E-state index is -0.935. The molecule has 15 heavy (non-hydrogen) atoms. The van der Waals surface area contributed by atoms with Gasteiger partial charge in [-0.3, -0.25) is 0 Å². The van der Waals surface area contributed by atoms with Gasteiger partial charge in [0.25, 0.3) is 0 Å². The van der Waals surface area contributed by atoms with Crippen molar-refractivity contribution in [2.75, 3.05) is 0 Å². The van der Waals surface area contributed by atoms with Crippen molar-refractivity contribution in [2.45, 2.75) is 65.1 Å². The molecule has 0 spiro atoms. The Hall–Kier alpha value is 0.162. The normalized spacial score (nSPS) is 12.9. The molecular weight excluding hydrogens is 207 g/mol. The van der Waals surface area contributed by atoms with Gasteiger partial charge in [-0.05, 0) is 27.7 Å². The summed E-state index contributed by atoms with van der Waals surface area (Å²) in [5.74, 6) is 0. The van der Waals surface area contributed by atoms with Crippen LogP contribution >= 0.6 is 0 Å². The molecular formula is C10H27BO3Si. The van der Waals surface area contributed by atoms with Gasteiger partial charge in [-0.1, -0.05) is 26.2 Å². The fourth-order valence-electron chi connectivity index (χ4n) is 0.338. The molecule has 0 aromatic rings. The van der Waals surface area contributed by atoms with E-state index >= 15 is 0 Å². The van der Waals surface area contributed by atoms with Crippen LogP contribution in [0, 0.1) is 0 Å². The molecule has 0 aliphatic rings. The van der Waals surface area contributed by atoms with Crippen LogP contribution in [0.3, 0.4) is 0 Å². The van der Waals surface area contributed by atoms with Gasteiger partial charge in [-0.15, -0.1) is 0 Å². The highest BCUT2D eigenvalue weighted by molar-refractivity contribution is 6.74. The summed E-state index contributed by atoms with van der Waals surface area (Å²) in [7, 11) is -0.975. The molecule has 0 atom stereocenters. The smallest absolute Gasteiger partial charge is 0.430 e. The lowest BCUT2D eigenvalue weighted by atomic mass is 9.89. The molecule has 0 fully saturated rings. The van der Waals surface area contributed by atoms with E-state index in [2.05, 4.69) is 26.2 Å². The molecule has 0 saturated heterocycles. The first-order valence-electron chi connectivity index (χ1n) is 5.28. The van der Waals surface area contributed by atoms with Gasteiger partial charge in [-0.25, -0.2) is 0 Å². The summed E-state index contributed by atoms with van der Waals surface area (Å²) in [6.07, 6.45) is 0. The van der Waals surface area contributed by atoms with E-state index in [9.17, 15) is 5.11 Å². The number of hydrogen-bond acceptors (Lipinski definition) is 3. The zero-order chi connectivity index (χ0) is 12.9. The largest absolute Gasteiger partial charge is 0.435 e. The maximum Gasteiger partial charge on any atom is 0.435 e. The van der Waals surface area contributed by atoms with E-state index < -0.39 is 19.3 Å². The van der Waals surface area contributed by atoms with Crippen molar-refractivity contribution in [1.82, 2.24) is 0 Å². The molecule has 0 bridgehead atoms. The highest BCUT2D eigenvalue weighted by atomic mass is 28.3. The SMILES string of the molecule is CC(C)(O)C(C)(C)OBO.C[Si](C)(C)C. The Bertz CT molecular complexity index is 164. The lowest BCUT2D eigenvalue weighted by Gasteiger charge is -2.36. The molecule has 0 saturated carbocycles. The first-order valence-corrected chi connectivity index (χ1v) is 9.28. The standard InChI is InChI=1S/C6H15BO3.C4H12Si/c1-5(2,8)6(3,4)10-7-9;1-5(2,3)4/h7-9H,1-4H3;1-4H3. The minimum absolute atomic E-state index is 0.364. The molecule has 0 aliphatic heterocycles. The third kappa shape index (κ3) is 12.1. The Morgan fingerprint density at radius 2 is 1.27 bits per heavy atom. The Kier molecular flexibility index (Phi) is 7.06. The van der Waals surface area contributed by atoms with Gasteiger partial charge >= 0.3 is 7.69 Å². The van der Waals surface area contributed by atoms with Gasteiger partial charge in [0.2, 0.25) is 0 Å². The van der Waals surface area contributed by atoms with E-state index in [0.717, 1.165) is 0 Å². The second-order valence-corrected chi connectivity index (χ2v) is 12.3. The predicted octanol–water partition coefficient (Wildman–Crippen LogP) is 1.77. The third-order valence-electron chi connectivity index (χ3n) is 1.90. The van der Waals surface area contributed by atoms with Gasteiger partial charge in [-0.2, -0.15) is 0 Å². The topological polar surface area (TPSA) is 49.7 Å². The molecule has 3 nitrogen and oxygen atoms in total. The lowest BCUT2D eigenvalue weighted by Crippen LogP contribution is -2.47. The first-order chi connectivity index (χ1) is 6.31. The van der Waals surface area contributed by atoms with E-state index in [1.54, 1.807) is 27.7 Å². The molecule has 2 N–H and O–H groups in total. The summed E-state index contributed by atoms with van der Waals surface area (Å²) in [6, 6.07) is 0. The van der Waals surface area contributed by atoms with Crippen LogP contribution in [0.1, 0.15) is 27.7 Å². The summed E-state index contributed by atoms with van der Waals surface area (Å²) in [6.45, 7) is 16.0. The maximum absolute atomic E-state index is 9.44. The Morgan fingerprint density at radius 1 is 1.00 bits per heavy atom. The van der Waals surface area contributed by atoms with Crippen LogP contribution < -0.4 is 0 Å². The predicted molar refractivity (Wildman–Crippen MR) is 70.0 cm³/mol. The molecule has 0 heterocycles. The molecule has 0 aliphatic carbocycles. The highest BCUT2D eigenvalue weighted by Gasteiger charge is 2.35. The average Bonchev–Trinajstić information content (AvgIpc) is 1.79. The summed E-state index contributed by atoms with van der Waals surface area (Å²) < 4.78 is 4.90. The fourth-order valence-corrected chi connectivity index (χ4v) is 0.338. The van der Waals surface area contributed by atoms with Gasteiger partial charge in [0, 0.05) is 8.07 Å². The van der Waals surface area contributed by atoms with Crippen LogP contribution in [0.5, 0.6) is 0 Å². The van der Waals surface area contributed by atoms with Gasteiger partial charge in [0.05, 0.1) is 11.2 Å². The molecule has 0 amide bonds. The number of aliphatic hydroxyl groups is 1. The molecule has 0 aromatic carbocycles.